The van der Waals surface area contributed by atoms with Gasteiger partial charge < -0.3 is 15.5 Å². The molecule has 0 spiro atoms. The number of nitrogens with zero attached hydrogens (tertiary/aromatic N) is 3. The van der Waals surface area contributed by atoms with Gasteiger partial charge in [-0.25, -0.2) is 0 Å². The van der Waals surface area contributed by atoms with Crippen molar-refractivity contribution in [2.24, 2.45) is 4.99 Å². The van der Waals surface area contributed by atoms with E-state index >= 15 is 0 Å². The zero-order valence-corrected chi connectivity index (χ0v) is 19.2. The number of guanidine groups is 1. The second-order valence-corrected chi connectivity index (χ2v) is 7.68. The van der Waals surface area contributed by atoms with Crippen LogP contribution in [0.25, 0.3) is 0 Å². The number of halogens is 1. The second-order valence-electron chi connectivity index (χ2n) is 7.68. The van der Waals surface area contributed by atoms with Crippen LogP contribution >= 0.6 is 24.0 Å². The molecule has 1 aromatic rings. The molecule has 5 nitrogen and oxygen atoms in total. The van der Waals surface area contributed by atoms with Crippen LogP contribution in [0.4, 0.5) is 0 Å². The standard InChI is InChI=1S/C21H35N5.HI/c1-3-22-21(23-16-20-10-7-13-25(20)2)24-19-11-14-26(15-12-19)17-18-8-5-4-6-9-18;/h4-6,8-9,19-20H,3,7,10-17H2,1-2H3,(H2,22,23,24);1H. The van der Waals surface area contributed by atoms with E-state index in [1.54, 1.807) is 0 Å². The molecule has 2 fully saturated rings. The van der Waals surface area contributed by atoms with E-state index in [1.165, 1.54) is 37.8 Å². The van der Waals surface area contributed by atoms with E-state index in [0.29, 0.717) is 12.1 Å². The van der Waals surface area contributed by atoms with Crippen molar-refractivity contribution in [2.75, 3.05) is 39.8 Å². The first-order chi connectivity index (χ1) is 12.7. The van der Waals surface area contributed by atoms with E-state index in [2.05, 4.69) is 64.7 Å². The van der Waals surface area contributed by atoms with Crippen LogP contribution in [0.15, 0.2) is 35.3 Å². The summed E-state index contributed by atoms with van der Waals surface area (Å²) >= 11 is 0. The number of benzene rings is 1. The molecule has 2 heterocycles. The number of rotatable bonds is 6. The average molecular weight is 485 g/mol. The van der Waals surface area contributed by atoms with Crippen LogP contribution in [-0.2, 0) is 6.54 Å². The minimum absolute atomic E-state index is 0. The van der Waals surface area contributed by atoms with E-state index in [0.717, 1.165) is 38.7 Å². The average Bonchev–Trinajstić information content (AvgIpc) is 3.07. The molecule has 0 radical (unpaired) electrons. The summed E-state index contributed by atoms with van der Waals surface area (Å²) in [5, 5.41) is 7.10. The van der Waals surface area contributed by atoms with Gasteiger partial charge in [0.05, 0.1) is 6.54 Å². The first-order valence-corrected chi connectivity index (χ1v) is 10.3. The first-order valence-electron chi connectivity index (χ1n) is 10.3. The fourth-order valence-corrected chi connectivity index (χ4v) is 4.00. The maximum absolute atomic E-state index is 4.87. The molecule has 0 aromatic heterocycles. The van der Waals surface area contributed by atoms with Gasteiger partial charge >= 0.3 is 0 Å². The number of likely N-dealkylation sites (tertiary alicyclic amines) is 2. The highest BCUT2D eigenvalue weighted by atomic mass is 127. The van der Waals surface area contributed by atoms with Crippen molar-refractivity contribution >= 4 is 29.9 Å². The van der Waals surface area contributed by atoms with Crippen molar-refractivity contribution in [3.63, 3.8) is 0 Å². The van der Waals surface area contributed by atoms with Crippen LogP contribution in [-0.4, -0.2) is 67.6 Å². The van der Waals surface area contributed by atoms with Crippen LogP contribution < -0.4 is 10.6 Å². The zero-order chi connectivity index (χ0) is 18.2. The number of nitrogens with one attached hydrogen (secondary N) is 2. The molecule has 2 saturated heterocycles. The van der Waals surface area contributed by atoms with Crippen molar-refractivity contribution < 1.29 is 0 Å². The highest BCUT2D eigenvalue weighted by molar-refractivity contribution is 14.0. The van der Waals surface area contributed by atoms with Gasteiger partial charge in [0.25, 0.3) is 0 Å². The summed E-state index contributed by atoms with van der Waals surface area (Å²) in [4.78, 5) is 9.87. The maximum Gasteiger partial charge on any atom is 0.191 e. The van der Waals surface area contributed by atoms with Crippen LogP contribution in [0.3, 0.4) is 0 Å². The van der Waals surface area contributed by atoms with Crippen molar-refractivity contribution in [1.82, 2.24) is 20.4 Å². The molecule has 1 unspecified atom stereocenters. The molecule has 6 heteroatoms. The van der Waals surface area contributed by atoms with Gasteiger partial charge in [-0.3, -0.25) is 9.89 Å². The monoisotopic (exact) mass is 485 g/mol. The smallest absolute Gasteiger partial charge is 0.191 e. The van der Waals surface area contributed by atoms with E-state index in [9.17, 15) is 0 Å². The summed E-state index contributed by atoms with van der Waals surface area (Å²) in [6.07, 6.45) is 4.94. The molecule has 0 bridgehead atoms. The Balaban J connectivity index is 0.00000261. The Morgan fingerprint density at radius 2 is 1.85 bits per heavy atom. The van der Waals surface area contributed by atoms with Gasteiger partial charge in [-0.2, -0.15) is 0 Å². The lowest BCUT2D eigenvalue weighted by Gasteiger charge is -2.33. The molecule has 2 aliphatic heterocycles. The fourth-order valence-electron chi connectivity index (χ4n) is 4.00. The molecule has 2 N–H and O–H groups in total. The Morgan fingerprint density at radius 1 is 1.11 bits per heavy atom. The maximum atomic E-state index is 4.87. The quantitative estimate of drug-likeness (QED) is 0.370. The second kappa shape index (κ2) is 11.9. The van der Waals surface area contributed by atoms with E-state index in [4.69, 9.17) is 4.99 Å². The first kappa shape index (κ1) is 22.4. The molecule has 1 aromatic carbocycles. The molecule has 0 aliphatic carbocycles. The number of hydrogen-bond donors (Lipinski definition) is 2. The fraction of sp³-hybridized carbons (Fsp3) is 0.667. The van der Waals surface area contributed by atoms with Crippen LogP contribution in [0.5, 0.6) is 0 Å². The van der Waals surface area contributed by atoms with Gasteiger partial charge in [0, 0.05) is 38.3 Å². The van der Waals surface area contributed by atoms with Crippen molar-refractivity contribution in [3.05, 3.63) is 35.9 Å². The SMILES string of the molecule is CCNC(=NCC1CCCN1C)NC1CCN(Cc2ccccc2)CC1.I. The Morgan fingerprint density at radius 3 is 2.48 bits per heavy atom. The molecule has 0 amide bonds. The highest BCUT2D eigenvalue weighted by Gasteiger charge is 2.22. The molecule has 1 atom stereocenters. The summed E-state index contributed by atoms with van der Waals surface area (Å²) in [6, 6.07) is 11.9. The Bertz CT molecular complexity index is 557. The molecular weight excluding hydrogens is 449 g/mol. The lowest BCUT2D eigenvalue weighted by molar-refractivity contribution is 0.198. The van der Waals surface area contributed by atoms with Gasteiger partial charge in [-0.1, -0.05) is 30.3 Å². The van der Waals surface area contributed by atoms with Crippen molar-refractivity contribution in [3.8, 4) is 0 Å². The highest BCUT2D eigenvalue weighted by Crippen LogP contribution is 2.15. The van der Waals surface area contributed by atoms with Crippen LogP contribution in [0.1, 0.15) is 38.2 Å². The lowest BCUT2D eigenvalue weighted by Crippen LogP contribution is -2.48. The number of hydrogen-bond acceptors (Lipinski definition) is 3. The molecule has 27 heavy (non-hydrogen) atoms. The minimum Gasteiger partial charge on any atom is -0.357 e. The van der Waals surface area contributed by atoms with Crippen LogP contribution in [0.2, 0.25) is 0 Å². The summed E-state index contributed by atoms with van der Waals surface area (Å²) in [5.74, 6) is 0.995. The Kier molecular flexibility index (Phi) is 9.86. The Labute approximate surface area is 182 Å². The normalized spacial score (nSPS) is 22.4. The molecule has 3 rings (SSSR count). The summed E-state index contributed by atoms with van der Waals surface area (Å²) in [7, 11) is 2.22. The van der Waals surface area contributed by atoms with Gasteiger partial charge in [-0.15, -0.1) is 24.0 Å². The minimum atomic E-state index is 0. The van der Waals surface area contributed by atoms with E-state index < -0.39 is 0 Å². The van der Waals surface area contributed by atoms with Gasteiger partial charge in [0.1, 0.15) is 0 Å². The zero-order valence-electron chi connectivity index (χ0n) is 16.9. The van der Waals surface area contributed by atoms with Crippen molar-refractivity contribution in [1.29, 1.82) is 0 Å². The van der Waals surface area contributed by atoms with Gasteiger partial charge in [-0.05, 0) is 51.8 Å². The van der Waals surface area contributed by atoms with E-state index in [1.807, 2.05) is 0 Å². The van der Waals surface area contributed by atoms with Gasteiger partial charge in [0.15, 0.2) is 5.96 Å². The molecule has 2 aliphatic rings. The predicted octanol–water partition coefficient (Wildman–Crippen LogP) is 2.92. The predicted molar refractivity (Wildman–Crippen MR) is 125 cm³/mol. The molecule has 0 saturated carbocycles. The topological polar surface area (TPSA) is 42.9 Å². The van der Waals surface area contributed by atoms with Gasteiger partial charge in [0.2, 0.25) is 0 Å². The van der Waals surface area contributed by atoms with Crippen LogP contribution in [0, 0.1) is 0 Å². The number of likely N-dealkylation sites (N-methyl/N-ethyl adjacent to an activating group) is 1. The Hall–Kier alpha value is -0.860. The number of piperidine rings is 1. The summed E-state index contributed by atoms with van der Waals surface area (Å²) in [6.45, 7) is 8.54. The largest absolute Gasteiger partial charge is 0.357 e. The lowest BCUT2D eigenvalue weighted by atomic mass is 10.0. The third-order valence-corrected chi connectivity index (χ3v) is 5.65. The third-order valence-electron chi connectivity index (χ3n) is 5.65. The summed E-state index contributed by atoms with van der Waals surface area (Å²) < 4.78 is 0. The molecular formula is C21H36IN5. The van der Waals surface area contributed by atoms with Crippen molar-refractivity contribution in [2.45, 2.75) is 51.2 Å². The number of aliphatic imine (C=N–C) groups is 1. The third kappa shape index (κ3) is 7.23. The summed E-state index contributed by atoms with van der Waals surface area (Å²) in [5.41, 5.74) is 1.41. The van der Waals surface area contributed by atoms with E-state index in [-0.39, 0.29) is 24.0 Å². The molecule has 152 valence electrons.